The van der Waals surface area contributed by atoms with Crippen LogP contribution in [-0.4, -0.2) is 29.7 Å². The number of amides is 1. The van der Waals surface area contributed by atoms with Crippen molar-refractivity contribution in [1.29, 1.82) is 0 Å². The zero-order chi connectivity index (χ0) is 16.2. The molecule has 0 saturated carbocycles. The number of nitro benzene ring substituents is 1. The van der Waals surface area contributed by atoms with Gasteiger partial charge in [0.15, 0.2) is 0 Å². The Labute approximate surface area is 121 Å². The minimum absolute atomic E-state index is 0.0710. The number of benzene rings is 1. The predicted molar refractivity (Wildman–Crippen MR) is 74.3 cm³/mol. The number of esters is 1. The largest absolute Gasteiger partial charge is 0.465 e. The Morgan fingerprint density at radius 2 is 1.90 bits per heavy atom. The molecule has 8 nitrogen and oxygen atoms in total. The average molecular weight is 296 g/mol. The maximum absolute atomic E-state index is 11.7. The first-order valence-corrected chi connectivity index (χ1v) is 6.01. The van der Waals surface area contributed by atoms with Crippen molar-refractivity contribution in [1.82, 2.24) is 0 Å². The van der Waals surface area contributed by atoms with Crippen molar-refractivity contribution in [3.05, 3.63) is 33.9 Å². The van der Waals surface area contributed by atoms with Crippen LogP contribution in [0.1, 0.15) is 31.1 Å². The van der Waals surface area contributed by atoms with Crippen molar-refractivity contribution in [2.45, 2.75) is 26.4 Å². The molecular weight excluding hydrogens is 280 g/mol. The van der Waals surface area contributed by atoms with Crippen LogP contribution in [0.3, 0.4) is 0 Å². The van der Waals surface area contributed by atoms with Gasteiger partial charge >= 0.3 is 12.1 Å². The van der Waals surface area contributed by atoms with Gasteiger partial charge < -0.3 is 9.47 Å². The van der Waals surface area contributed by atoms with Gasteiger partial charge in [-0.3, -0.25) is 15.4 Å². The Balaban J connectivity index is 3.09. The predicted octanol–water partition coefficient (Wildman–Crippen LogP) is 2.73. The first-order chi connectivity index (χ1) is 9.64. The second kappa shape index (κ2) is 6.21. The van der Waals surface area contributed by atoms with Gasteiger partial charge in [-0.15, -0.1) is 0 Å². The molecule has 21 heavy (non-hydrogen) atoms. The number of methoxy groups -OCH3 is 1. The Kier molecular flexibility index (Phi) is 4.85. The fourth-order valence-electron chi connectivity index (χ4n) is 1.45. The molecule has 0 aliphatic carbocycles. The van der Waals surface area contributed by atoms with Gasteiger partial charge in [0, 0.05) is 12.1 Å². The number of nitrogens with one attached hydrogen (secondary N) is 1. The van der Waals surface area contributed by atoms with E-state index in [0.29, 0.717) is 0 Å². The van der Waals surface area contributed by atoms with Crippen molar-refractivity contribution in [3.63, 3.8) is 0 Å². The number of carbonyl (C=O) groups is 2. The number of hydrogen-bond acceptors (Lipinski definition) is 6. The number of anilines is 1. The van der Waals surface area contributed by atoms with Crippen LogP contribution in [-0.2, 0) is 9.47 Å². The third-order valence-electron chi connectivity index (χ3n) is 2.25. The smallest absolute Gasteiger partial charge is 0.412 e. The van der Waals surface area contributed by atoms with Gasteiger partial charge in [-0.2, -0.15) is 0 Å². The van der Waals surface area contributed by atoms with Crippen LogP contribution < -0.4 is 5.32 Å². The molecule has 0 atom stereocenters. The van der Waals surface area contributed by atoms with Crippen LogP contribution in [0.2, 0.25) is 0 Å². The number of rotatable bonds is 3. The highest BCUT2D eigenvalue weighted by atomic mass is 16.6. The molecule has 0 saturated heterocycles. The summed E-state index contributed by atoms with van der Waals surface area (Å²) in [6.07, 6.45) is -0.776. The highest BCUT2D eigenvalue weighted by Gasteiger charge is 2.21. The van der Waals surface area contributed by atoms with E-state index in [1.165, 1.54) is 12.1 Å². The summed E-state index contributed by atoms with van der Waals surface area (Å²) in [5.41, 5.74) is -1.06. The molecule has 8 heteroatoms. The summed E-state index contributed by atoms with van der Waals surface area (Å²) in [7, 11) is 1.14. The topological polar surface area (TPSA) is 108 Å². The second-order valence-corrected chi connectivity index (χ2v) is 5.11. The number of non-ortho nitro benzene ring substituents is 1. The summed E-state index contributed by atoms with van der Waals surface area (Å²) in [6.45, 7) is 5.05. The van der Waals surface area contributed by atoms with Crippen molar-refractivity contribution in [3.8, 4) is 0 Å². The lowest BCUT2D eigenvalue weighted by Crippen LogP contribution is -2.27. The lowest BCUT2D eigenvalue weighted by atomic mass is 10.1. The highest BCUT2D eigenvalue weighted by molar-refractivity contribution is 6.00. The first kappa shape index (κ1) is 16.4. The molecule has 114 valence electrons. The molecule has 0 aliphatic rings. The van der Waals surface area contributed by atoms with E-state index in [4.69, 9.17) is 4.74 Å². The molecule has 1 aromatic rings. The minimum Gasteiger partial charge on any atom is -0.465 e. The third kappa shape index (κ3) is 4.75. The van der Waals surface area contributed by atoms with Crippen molar-refractivity contribution >= 4 is 23.4 Å². The number of nitrogens with zero attached hydrogens (tertiary/aromatic N) is 1. The summed E-state index contributed by atoms with van der Waals surface area (Å²) in [5.74, 6) is -0.801. The van der Waals surface area contributed by atoms with Gasteiger partial charge in [0.05, 0.1) is 23.3 Å². The molecule has 1 amide bonds. The summed E-state index contributed by atoms with van der Waals surface area (Å²) in [6, 6.07) is 3.44. The Morgan fingerprint density at radius 1 is 1.29 bits per heavy atom. The lowest BCUT2D eigenvalue weighted by Gasteiger charge is -2.20. The van der Waals surface area contributed by atoms with Crippen LogP contribution in [0.4, 0.5) is 16.2 Å². The van der Waals surface area contributed by atoms with Crippen molar-refractivity contribution in [2.75, 3.05) is 12.4 Å². The third-order valence-corrected chi connectivity index (χ3v) is 2.25. The Morgan fingerprint density at radius 3 is 2.38 bits per heavy atom. The van der Waals surface area contributed by atoms with Crippen LogP contribution in [0.5, 0.6) is 0 Å². The highest BCUT2D eigenvalue weighted by Crippen LogP contribution is 2.23. The monoisotopic (exact) mass is 296 g/mol. The van der Waals surface area contributed by atoms with Gasteiger partial charge in [0.1, 0.15) is 5.60 Å². The molecule has 0 fully saturated rings. The number of ether oxygens (including phenoxy) is 2. The van der Waals surface area contributed by atoms with Gasteiger partial charge in [-0.05, 0) is 26.8 Å². The summed E-state index contributed by atoms with van der Waals surface area (Å²) < 4.78 is 9.59. The second-order valence-electron chi connectivity index (χ2n) is 5.11. The molecule has 0 heterocycles. The molecule has 0 aromatic heterocycles. The van der Waals surface area contributed by atoms with E-state index < -0.39 is 22.6 Å². The van der Waals surface area contributed by atoms with E-state index in [1.54, 1.807) is 20.8 Å². The number of nitro groups is 1. The Bertz CT molecular complexity index is 577. The van der Waals surface area contributed by atoms with Crippen molar-refractivity contribution < 1.29 is 24.0 Å². The van der Waals surface area contributed by atoms with E-state index in [0.717, 1.165) is 13.2 Å². The normalized spacial score (nSPS) is 10.7. The molecule has 0 aliphatic heterocycles. The lowest BCUT2D eigenvalue weighted by molar-refractivity contribution is -0.384. The van der Waals surface area contributed by atoms with E-state index in [9.17, 15) is 19.7 Å². The molecule has 1 aromatic carbocycles. The zero-order valence-corrected chi connectivity index (χ0v) is 12.1. The van der Waals surface area contributed by atoms with Crippen molar-refractivity contribution in [2.24, 2.45) is 0 Å². The zero-order valence-electron chi connectivity index (χ0n) is 12.1. The molecule has 1 rings (SSSR count). The van der Waals surface area contributed by atoms with Gasteiger partial charge in [-0.1, -0.05) is 0 Å². The molecule has 0 bridgehead atoms. The molecular formula is C13H16N2O6. The van der Waals surface area contributed by atoms with Gasteiger partial charge in [-0.25, -0.2) is 9.59 Å². The van der Waals surface area contributed by atoms with Crippen LogP contribution in [0.25, 0.3) is 0 Å². The van der Waals surface area contributed by atoms with Gasteiger partial charge in [0.25, 0.3) is 5.69 Å². The number of carbonyl (C=O) groups excluding carboxylic acids is 2. The minimum atomic E-state index is -0.801. The molecule has 0 unspecified atom stereocenters. The molecule has 1 N–H and O–H groups in total. The van der Waals surface area contributed by atoms with Crippen LogP contribution in [0.15, 0.2) is 18.2 Å². The standard InChI is InChI=1S/C13H16N2O6/c1-13(2,3)21-12(17)14-10-6-5-8(15(18)19)7-9(10)11(16)20-4/h5-7H,1-4H3,(H,14,17). The van der Waals surface area contributed by atoms with Gasteiger partial charge in [0.2, 0.25) is 0 Å². The van der Waals surface area contributed by atoms with E-state index in [-0.39, 0.29) is 16.9 Å². The fraction of sp³-hybridized carbons (Fsp3) is 0.385. The fourth-order valence-corrected chi connectivity index (χ4v) is 1.45. The summed E-state index contributed by atoms with van der Waals surface area (Å²) in [4.78, 5) is 33.4. The maximum Gasteiger partial charge on any atom is 0.412 e. The van der Waals surface area contributed by atoms with Crippen LogP contribution in [0, 0.1) is 10.1 Å². The SMILES string of the molecule is COC(=O)c1cc([N+](=O)[O-])ccc1NC(=O)OC(C)(C)C. The molecule has 0 spiro atoms. The molecule has 0 radical (unpaired) electrons. The Hall–Kier alpha value is -2.64. The average Bonchev–Trinajstić information content (AvgIpc) is 2.35. The maximum atomic E-state index is 11.7. The van der Waals surface area contributed by atoms with E-state index >= 15 is 0 Å². The van der Waals surface area contributed by atoms with E-state index in [2.05, 4.69) is 10.1 Å². The van der Waals surface area contributed by atoms with E-state index in [1.807, 2.05) is 0 Å². The first-order valence-electron chi connectivity index (χ1n) is 6.01. The summed E-state index contributed by atoms with van der Waals surface area (Å²) >= 11 is 0. The quantitative estimate of drug-likeness (QED) is 0.522. The van der Waals surface area contributed by atoms with Crippen LogP contribution >= 0.6 is 0 Å². The summed E-state index contributed by atoms with van der Waals surface area (Å²) in [5, 5.41) is 13.1. The number of hydrogen-bond donors (Lipinski definition) is 1.